The molecule has 0 aliphatic carbocycles. The van der Waals surface area contributed by atoms with E-state index in [4.69, 9.17) is 4.74 Å². The predicted molar refractivity (Wildman–Crippen MR) is 89.2 cm³/mol. The molecule has 120 valence electrons. The van der Waals surface area contributed by atoms with Crippen LogP contribution in [-0.2, 0) is 16.1 Å². The van der Waals surface area contributed by atoms with Crippen molar-refractivity contribution in [3.8, 4) is 0 Å². The number of anilines is 2. The summed E-state index contributed by atoms with van der Waals surface area (Å²) in [4.78, 5) is 23.4. The van der Waals surface area contributed by atoms with Gasteiger partial charge in [0.15, 0.2) is 0 Å². The first-order chi connectivity index (χ1) is 11.2. The molecule has 23 heavy (non-hydrogen) atoms. The fraction of sp³-hybridized carbons (Fsp3) is 0.176. The van der Waals surface area contributed by atoms with Crippen molar-refractivity contribution in [2.24, 2.45) is 0 Å². The first kappa shape index (κ1) is 16.5. The van der Waals surface area contributed by atoms with Gasteiger partial charge >= 0.3 is 6.03 Å². The topological polar surface area (TPSA) is 79.5 Å². The van der Waals surface area contributed by atoms with Gasteiger partial charge in [0.2, 0.25) is 5.91 Å². The molecular weight excluding hydrogens is 294 g/mol. The summed E-state index contributed by atoms with van der Waals surface area (Å²) in [7, 11) is 1.45. The molecule has 0 spiro atoms. The number of carbonyl (C=O) groups is 2. The van der Waals surface area contributed by atoms with Crippen LogP contribution in [0.15, 0.2) is 54.6 Å². The van der Waals surface area contributed by atoms with Crippen LogP contribution in [0.1, 0.15) is 5.56 Å². The molecule has 6 heteroatoms. The van der Waals surface area contributed by atoms with Crippen molar-refractivity contribution in [3.63, 3.8) is 0 Å². The summed E-state index contributed by atoms with van der Waals surface area (Å²) < 4.78 is 4.75. The van der Waals surface area contributed by atoms with Gasteiger partial charge in [-0.05, 0) is 23.8 Å². The summed E-state index contributed by atoms with van der Waals surface area (Å²) in [5, 5.41) is 8.17. The SMILES string of the molecule is COCC(=O)Nc1cccc(NC(=O)NCc2ccccc2)c1. The monoisotopic (exact) mass is 313 g/mol. The lowest BCUT2D eigenvalue weighted by Crippen LogP contribution is -2.28. The van der Waals surface area contributed by atoms with Crippen LogP contribution in [0.2, 0.25) is 0 Å². The molecule has 0 atom stereocenters. The van der Waals surface area contributed by atoms with Gasteiger partial charge in [-0.2, -0.15) is 0 Å². The second kappa shape index (κ2) is 8.55. The summed E-state index contributed by atoms with van der Waals surface area (Å²) in [6, 6.07) is 16.2. The number of ether oxygens (including phenoxy) is 1. The Bertz CT molecular complexity index is 659. The minimum absolute atomic E-state index is 0.0186. The Balaban J connectivity index is 1.87. The number of hydrogen-bond donors (Lipinski definition) is 3. The first-order valence-corrected chi connectivity index (χ1v) is 7.15. The maximum atomic E-state index is 11.9. The number of methoxy groups -OCH3 is 1. The average Bonchev–Trinajstić information content (AvgIpc) is 2.54. The lowest BCUT2D eigenvalue weighted by molar-refractivity contribution is -0.119. The molecule has 0 radical (unpaired) electrons. The Kier molecular flexibility index (Phi) is 6.14. The minimum atomic E-state index is -0.311. The van der Waals surface area contributed by atoms with Crippen molar-refractivity contribution < 1.29 is 14.3 Å². The van der Waals surface area contributed by atoms with E-state index >= 15 is 0 Å². The van der Waals surface area contributed by atoms with Crippen LogP contribution < -0.4 is 16.0 Å². The Morgan fingerprint density at radius 1 is 0.957 bits per heavy atom. The number of carbonyl (C=O) groups excluding carboxylic acids is 2. The second-order valence-electron chi connectivity index (χ2n) is 4.86. The van der Waals surface area contributed by atoms with Gasteiger partial charge in [-0.25, -0.2) is 4.79 Å². The molecular formula is C17H19N3O3. The van der Waals surface area contributed by atoms with E-state index in [0.717, 1.165) is 5.56 Å². The maximum Gasteiger partial charge on any atom is 0.319 e. The van der Waals surface area contributed by atoms with Crippen molar-refractivity contribution in [2.75, 3.05) is 24.4 Å². The quantitative estimate of drug-likeness (QED) is 0.767. The zero-order valence-corrected chi connectivity index (χ0v) is 12.8. The predicted octanol–water partition coefficient (Wildman–Crippen LogP) is 2.59. The number of nitrogens with one attached hydrogen (secondary N) is 3. The van der Waals surface area contributed by atoms with Gasteiger partial charge < -0.3 is 20.7 Å². The van der Waals surface area contributed by atoms with Gasteiger partial charge in [0.1, 0.15) is 6.61 Å². The molecule has 0 heterocycles. The van der Waals surface area contributed by atoms with Crippen molar-refractivity contribution in [1.82, 2.24) is 5.32 Å². The molecule has 3 amide bonds. The molecule has 0 aliphatic rings. The molecule has 0 saturated heterocycles. The Labute approximate surface area is 134 Å². The van der Waals surface area contributed by atoms with E-state index < -0.39 is 0 Å². The van der Waals surface area contributed by atoms with Crippen molar-refractivity contribution >= 4 is 23.3 Å². The van der Waals surface area contributed by atoms with Crippen molar-refractivity contribution in [2.45, 2.75) is 6.54 Å². The molecule has 6 nitrogen and oxygen atoms in total. The lowest BCUT2D eigenvalue weighted by Gasteiger charge is -2.10. The zero-order valence-electron chi connectivity index (χ0n) is 12.8. The van der Waals surface area contributed by atoms with Gasteiger partial charge in [-0.3, -0.25) is 4.79 Å². The molecule has 2 rings (SSSR count). The highest BCUT2D eigenvalue weighted by atomic mass is 16.5. The largest absolute Gasteiger partial charge is 0.375 e. The number of rotatable bonds is 6. The van der Waals surface area contributed by atoms with E-state index in [-0.39, 0.29) is 18.5 Å². The lowest BCUT2D eigenvalue weighted by atomic mass is 10.2. The van der Waals surface area contributed by atoms with E-state index in [2.05, 4.69) is 16.0 Å². The smallest absolute Gasteiger partial charge is 0.319 e. The van der Waals surface area contributed by atoms with Gasteiger partial charge in [-0.15, -0.1) is 0 Å². The third-order valence-corrected chi connectivity index (χ3v) is 2.98. The summed E-state index contributed by atoms with van der Waals surface area (Å²) in [5.41, 5.74) is 2.20. The van der Waals surface area contributed by atoms with Crippen LogP contribution in [0, 0.1) is 0 Å². The van der Waals surface area contributed by atoms with Gasteiger partial charge in [0, 0.05) is 25.0 Å². The van der Waals surface area contributed by atoms with Crippen LogP contribution in [0.4, 0.5) is 16.2 Å². The fourth-order valence-corrected chi connectivity index (χ4v) is 1.96. The van der Waals surface area contributed by atoms with Gasteiger partial charge in [-0.1, -0.05) is 36.4 Å². The highest BCUT2D eigenvalue weighted by molar-refractivity contribution is 5.94. The van der Waals surface area contributed by atoms with Gasteiger partial charge in [0.25, 0.3) is 0 Å². The van der Waals surface area contributed by atoms with E-state index in [0.29, 0.717) is 17.9 Å². The van der Waals surface area contributed by atoms with Crippen LogP contribution in [0.3, 0.4) is 0 Å². The van der Waals surface area contributed by atoms with Crippen LogP contribution in [0.25, 0.3) is 0 Å². The van der Waals surface area contributed by atoms with Crippen LogP contribution in [-0.4, -0.2) is 25.7 Å². The summed E-state index contributed by atoms with van der Waals surface area (Å²) in [6.45, 7) is 0.423. The zero-order chi connectivity index (χ0) is 16.5. The number of urea groups is 1. The van der Waals surface area contributed by atoms with Gasteiger partial charge in [0.05, 0.1) is 0 Å². The highest BCUT2D eigenvalue weighted by Crippen LogP contribution is 2.15. The molecule has 0 aromatic heterocycles. The summed E-state index contributed by atoms with van der Waals surface area (Å²) in [5.74, 6) is -0.252. The number of amides is 3. The first-order valence-electron chi connectivity index (χ1n) is 7.15. The summed E-state index contributed by atoms with van der Waals surface area (Å²) in [6.07, 6.45) is 0. The van der Waals surface area contributed by atoms with Crippen LogP contribution in [0.5, 0.6) is 0 Å². The van der Waals surface area contributed by atoms with E-state index in [1.807, 2.05) is 30.3 Å². The van der Waals surface area contributed by atoms with Crippen molar-refractivity contribution in [1.29, 1.82) is 0 Å². The number of hydrogen-bond acceptors (Lipinski definition) is 3. The third kappa shape index (κ3) is 5.80. The summed E-state index contributed by atoms with van der Waals surface area (Å²) >= 11 is 0. The molecule has 0 aliphatic heterocycles. The molecule has 2 aromatic carbocycles. The molecule has 0 fully saturated rings. The average molecular weight is 313 g/mol. The fourth-order valence-electron chi connectivity index (χ4n) is 1.96. The van der Waals surface area contributed by atoms with Crippen molar-refractivity contribution in [3.05, 3.63) is 60.2 Å². The standard InChI is InChI=1S/C17H19N3O3/c1-23-12-16(21)19-14-8-5-9-15(10-14)20-17(22)18-11-13-6-3-2-4-7-13/h2-10H,11-12H2,1H3,(H,19,21)(H2,18,20,22). The molecule has 2 aromatic rings. The number of benzene rings is 2. The molecule has 3 N–H and O–H groups in total. The minimum Gasteiger partial charge on any atom is -0.375 e. The Morgan fingerprint density at radius 3 is 2.35 bits per heavy atom. The van der Waals surface area contributed by atoms with E-state index in [9.17, 15) is 9.59 Å². The van der Waals surface area contributed by atoms with Crippen LogP contribution >= 0.6 is 0 Å². The van der Waals surface area contributed by atoms with E-state index in [1.165, 1.54) is 7.11 Å². The highest BCUT2D eigenvalue weighted by Gasteiger charge is 2.05. The Hall–Kier alpha value is -2.86. The Morgan fingerprint density at radius 2 is 1.65 bits per heavy atom. The third-order valence-electron chi connectivity index (χ3n) is 2.98. The van der Waals surface area contributed by atoms with E-state index in [1.54, 1.807) is 24.3 Å². The maximum absolute atomic E-state index is 11.9. The molecule has 0 bridgehead atoms. The second-order valence-corrected chi connectivity index (χ2v) is 4.86. The molecule has 0 saturated carbocycles. The normalized spacial score (nSPS) is 9.96. The molecule has 0 unspecified atom stereocenters.